The van der Waals surface area contributed by atoms with Crippen molar-refractivity contribution < 1.29 is 112 Å². The van der Waals surface area contributed by atoms with E-state index in [1.807, 2.05) is 0 Å². The highest BCUT2D eigenvalue weighted by molar-refractivity contribution is 5.87. The van der Waals surface area contributed by atoms with Crippen molar-refractivity contribution in [1.29, 1.82) is 0 Å². The van der Waals surface area contributed by atoms with Crippen LogP contribution in [-0.2, 0) is 76.0 Å². The molecule has 5 aliphatic rings. The summed E-state index contributed by atoms with van der Waals surface area (Å²) in [7, 11) is 0. The lowest BCUT2D eigenvalue weighted by atomic mass is 9.95. The molecule has 5 fully saturated rings. The van der Waals surface area contributed by atoms with Gasteiger partial charge in [-0.25, -0.2) is 4.79 Å². The molecule has 0 aromatic heterocycles. The highest BCUT2D eigenvalue weighted by atomic mass is 16.8. The van der Waals surface area contributed by atoms with Gasteiger partial charge in [-0.2, -0.15) is 0 Å². The van der Waals surface area contributed by atoms with Gasteiger partial charge >= 0.3 is 23.9 Å². The number of allylic oxidation sites excluding steroid dienone is 1. The molecule has 0 aromatic rings. The first kappa shape index (κ1) is 65.8. The Hall–Kier alpha value is -2.98. The molecule has 450 valence electrons. The van der Waals surface area contributed by atoms with Crippen molar-refractivity contribution >= 4 is 23.9 Å². The van der Waals surface area contributed by atoms with Gasteiger partial charge < -0.3 is 92.6 Å². The van der Waals surface area contributed by atoms with Crippen molar-refractivity contribution in [2.24, 2.45) is 11.8 Å². The van der Waals surface area contributed by atoms with E-state index in [1.54, 1.807) is 27.7 Å². The number of unbranched alkanes of at least 4 members (excludes halogenated alkanes) is 2. The third kappa shape index (κ3) is 17.5. The van der Waals surface area contributed by atoms with Gasteiger partial charge in [0.15, 0.2) is 43.5 Å². The van der Waals surface area contributed by atoms with Gasteiger partial charge in [0.25, 0.3) is 0 Å². The van der Waals surface area contributed by atoms with Gasteiger partial charge in [0, 0.05) is 12.0 Å². The van der Waals surface area contributed by atoms with Crippen LogP contribution in [0.1, 0.15) is 159 Å². The van der Waals surface area contributed by atoms with Gasteiger partial charge in [0.1, 0.15) is 67.6 Å². The van der Waals surface area contributed by atoms with Crippen molar-refractivity contribution in [3.8, 4) is 0 Å². The molecule has 23 nitrogen and oxygen atoms in total. The molecule has 0 spiro atoms. The van der Waals surface area contributed by atoms with E-state index in [0.717, 1.165) is 51.4 Å². The van der Waals surface area contributed by atoms with E-state index >= 15 is 0 Å². The monoisotopic (exact) mass is 1120 g/mol. The van der Waals surface area contributed by atoms with Crippen molar-refractivity contribution in [3.05, 3.63) is 11.6 Å². The van der Waals surface area contributed by atoms with Crippen LogP contribution in [0.3, 0.4) is 0 Å². The minimum Gasteiger partial charge on any atom is -0.463 e. The fourth-order valence-corrected chi connectivity index (χ4v) is 9.90. The largest absolute Gasteiger partial charge is 0.463 e. The highest BCUT2D eigenvalue weighted by Gasteiger charge is 2.58. The average Bonchev–Trinajstić information content (AvgIpc) is 3.45. The van der Waals surface area contributed by atoms with Gasteiger partial charge in [-0.05, 0) is 74.1 Å². The van der Waals surface area contributed by atoms with Gasteiger partial charge in [-0.3, -0.25) is 14.4 Å². The molecule has 0 saturated carbocycles. The third-order valence-corrected chi connectivity index (χ3v) is 15.7. The number of carbonyl (C=O) groups is 4. The number of rotatable bonds is 15. The van der Waals surface area contributed by atoms with Crippen LogP contribution < -0.4 is 0 Å². The van der Waals surface area contributed by atoms with Crippen LogP contribution >= 0.6 is 0 Å². The zero-order chi connectivity index (χ0) is 57.5. The molecule has 0 aliphatic carbocycles. The maximum absolute atomic E-state index is 14.1. The van der Waals surface area contributed by atoms with Gasteiger partial charge in [-0.15, -0.1) is 0 Å². The lowest BCUT2D eigenvalue weighted by Gasteiger charge is -2.50. The summed E-state index contributed by atoms with van der Waals surface area (Å²) in [5.74, 6) is -4.64. The van der Waals surface area contributed by atoms with E-state index in [0.29, 0.717) is 32.1 Å². The summed E-state index contributed by atoms with van der Waals surface area (Å²) < 4.78 is 74.5. The molecule has 23 heteroatoms. The van der Waals surface area contributed by atoms with Crippen LogP contribution in [0.2, 0.25) is 0 Å². The predicted molar refractivity (Wildman–Crippen MR) is 273 cm³/mol. The molecule has 0 radical (unpaired) electrons. The molecule has 24 atom stereocenters. The Balaban J connectivity index is 1.59. The zero-order valence-electron chi connectivity index (χ0n) is 47.2. The summed E-state index contributed by atoms with van der Waals surface area (Å²) >= 11 is 0. The highest BCUT2D eigenvalue weighted by Crippen LogP contribution is 2.38. The van der Waals surface area contributed by atoms with E-state index in [2.05, 4.69) is 6.92 Å². The quantitative estimate of drug-likeness (QED) is 0.0536. The molecule has 0 unspecified atom stereocenters. The number of hydrogen-bond acceptors (Lipinski definition) is 23. The zero-order valence-corrected chi connectivity index (χ0v) is 47.2. The number of aliphatic hydroxyl groups is 7. The average molecular weight is 1120 g/mol. The Bertz CT molecular complexity index is 1890. The summed E-state index contributed by atoms with van der Waals surface area (Å²) in [5.41, 5.74) is 0.0992. The summed E-state index contributed by atoms with van der Waals surface area (Å²) in [6.45, 7) is 15.3. The lowest BCUT2D eigenvalue weighted by Crippen LogP contribution is -2.68. The molecular weight excluding hydrogens is 1030 g/mol. The summed E-state index contributed by atoms with van der Waals surface area (Å²) in [6, 6.07) is 0. The predicted octanol–water partition coefficient (Wildman–Crippen LogP) is 3.06. The van der Waals surface area contributed by atoms with Crippen molar-refractivity contribution in [1.82, 2.24) is 0 Å². The van der Waals surface area contributed by atoms with Crippen LogP contribution in [0.15, 0.2) is 11.6 Å². The lowest BCUT2D eigenvalue weighted by molar-refractivity contribution is -0.399. The topological polar surface area (TPSA) is 321 Å². The van der Waals surface area contributed by atoms with Crippen LogP contribution in [0, 0.1) is 11.8 Å². The SMILES string of the molecule is C/C=C(\C)C(=O)O[C@H]1[C@@H]2O[C@H]3[C@H](O[C@H]4[C@H](O[C@H](CCCCC)CCCCCCCCCC(=O)O[C@@H]1[C@@H](O[C@@H]1O[C@H](C)[C@@H](OC(=O)[C@@H](C)CC)[C@H](O)[C@H]1O)[C@H](C)O2)O[C@H](C)[C@H](O)[C@@H]4O)O[C@H](COC(=O)[C@@H](C)[C@H](C)O)[C@@H](O)[C@@H]3O. The van der Waals surface area contributed by atoms with Gasteiger partial charge in [0.05, 0.1) is 42.4 Å². The molecule has 5 aliphatic heterocycles. The minimum atomic E-state index is -2.03. The first-order chi connectivity index (χ1) is 37.0. The van der Waals surface area contributed by atoms with E-state index < -0.39 is 171 Å². The number of aliphatic hydroxyl groups excluding tert-OH is 7. The maximum atomic E-state index is 14.1. The second-order valence-corrected chi connectivity index (χ2v) is 21.9. The first-order valence-electron chi connectivity index (χ1n) is 28.4. The summed E-state index contributed by atoms with van der Waals surface area (Å²) in [6.07, 6.45) is -22.2. The Labute approximate surface area is 458 Å². The van der Waals surface area contributed by atoms with Crippen LogP contribution in [-0.4, -0.2) is 201 Å². The van der Waals surface area contributed by atoms with E-state index in [4.69, 9.17) is 56.8 Å². The van der Waals surface area contributed by atoms with Gasteiger partial charge in [-0.1, -0.05) is 84.6 Å². The van der Waals surface area contributed by atoms with Crippen LogP contribution in [0.4, 0.5) is 0 Å². The number of fused-ring (bicyclic) bond motifs is 4. The second-order valence-electron chi connectivity index (χ2n) is 21.9. The van der Waals surface area contributed by atoms with Crippen molar-refractivity contribution in [3.63, 3.8) is 0 Å². The van der Waals surface area contributed by atoms with Crippen molar-refractivity contribution in [2.75, 3.05) is 6.61 Å². The van der Waals surface area contributed by atoms with Crippen molar-refractivity contribution in [2.45, 2.75) is 294 Å². The van der Waals surface area contributed by atoms with Crippen LogP contribution in [0.5, 0.6) is 0 Å². The normalized spacial score (nSPS) is 40.2. The molecule has 5 heterocycles. The molecule has 0 amide bonds. The smallest absolute Gasteiger partial charge is 0.333 e. The molecular formula is C55H92O23. The number of esters is 4. The number of carbonyl (C=O) groups excluding carboxylic acids is 4. The van der Waals surface area contributed by atoms with Crippen LogP contribution in [0.25, 0.3) is 0 Å². The Morgan fingerprint density at radius 2 is 1.24 bits per heavy atom. The first-order valence-corrected chi connectivity index (χ1v) is 28.4. The van der Waals surface area contributed by atoms with E-state index in [9.17, 15) is 54.9 Å². The second kappa shape index (κ2) is 31.5. The fraction of sp³-hybridized carbons (Fsp3) is 0.891. The Morgan fingerprint density at radius 1 is 0.641 bits per heavy atom. The summed E-state index contributed by atoms with van der Waals surface area (Å²) in [5, 5.41) is 80.0. The van der Waals surface area contributed by atoms with E-state index in [-0.39, 0.29) is 18.1 Å². The third-order valence-electron chi connectivity index (χ3n) is 15.7. The molecule has 7 N–H and O–H groups in total. The minimum absolute atomic E-state index is 0.0759. The standard InChI is InChI=1S/C55H92O23/c1-11-14-20-23-34-24-21-18-16-15-17-19-22-25-36(57)73-47-44(76-52-42(63)41(62)43(32(9)69-52)74-49(64)27(4)12-2)33(10)70-55(48(47)75-50(65)28(5)13-3)78-46-40(61)38(59)35(26-67-51(66)29(6)30(7)56)72-54(46)77-45-39(60)37(58)31(8)68-53(45)71-34/h13,27,29-35,37-48,52-56,58-63H,11-12,14-26H2,1-10H3/b28-13+/t27-,29-,30-,31+,32+,33-,34+,35+,37-,38+,39-,40-,41+,42+,43+,44-,45+,46+,47+,48+,52-,53-,54-,55-/m0/s1. The molecule has 5 rings (SSSR count). The molecule has 2 bridgehead atoms. The fourth-order valence-electron chi connectivity index (χ4n) is 9.90. The molecule has 78 heavy (non-hydrogen) atoms. The Kier molecular flexibility index (Phi) is 26.5. The molecule has 0 aromatic carbocycles. The number of hydrogen-bond donors (Lipinski definition) is 7. The Morgan fingerprint density at radius 3 is 1.88 bits per heavy atom. The maximum Gasteiger partial charge on any atom is 0.333 e. The number of ether oxygens (including phenoxy) is 12. The summed E-state index contributed by atoms with van der Waals surface area (Å²) in [4.78, 5) is 53.8. The van der Waals surface area contributed by atoms with E-state index in [1.165, 1.54) is 40.7 Å². The molecule has 5 saturated heterocycles. The van der Waals surface area contributed by atoms with Gasteiger partial charge in [0.2, 0.25) is 0 Å².